The van der Waals surface area contributed by atoms with Gasteiger partial charge in [0.2, 0.25) is 0 Å². The van der Waals surface area contributed by atoms with Crippen molar-refractivity contribution >= 4 is 5.69 Å². The van der Waals surface area contributed by atoms with Gasteiger partial charge in [0.25, 0.3) is 0 Å². The monoisotopic (exact) mass is 345 g/mol. The molecule has 2 saturated heterocycles. The van der Waals surface area contributed by atoms with Gasteiger partial charge < -0.3 is 10.0 Å². The third kappa shape index (κ3) is 3.52. The highest BCUT2D eigenvalue weighted by molar-refractivity contribution is 5.54. The lowest BCUT2D eigenvalue weighted by Gasteiger charge is -2.26. The molecule has 0 saturated carbocycles. The molecule has 3 heterocycles. The highest BCUT2D eigenvalue weighted by atomic mass is 19.1. The summed E-state index contributed by atoms with van der Waals surface area (Å²) in [5, 5.41) is 18.5. The third-order valence-electron chi connectivity index (χ3n) is 5.26. The molecule has 4 rings (SSSR count). The molecule has 0 bridgehead atoms. The lowest BCUT2D eigenvalue weighted by Crippen LogP contribution is -2.37. The van der Waals surface area contributed by atoms with Crippen LogP contribution in [0.4, 0.5) is 10.1 Å². The number of β-amino-alcohol motifs (C(OH)–C–C–N with tert-alkyl or cyclic N) is 1. The third-order valence-corrected chi connectivity index (χ3v) is 5.26. The van der Waals surface area contributed by atoms with Crippen molar-refractivity contribution in [2.45, 2.75) is 38.0 Å². The predicted molar refractivity (Wildman–Crippen MR) is 92.7 cm³/mol. The van der Waals surface area contributed by atoms with Crippen LogP contribution in [0, 0.1) is 5.82 Å². The predicted octanol–water partition coefficient (Wildman–Crippen LogP) is 1.65. The van der Waals surface area contributed by atoms with Crippen molar-refractivity contribution in [1.29, 1.82) is 0 Å². The molecular weight excluding hydrogens is 321 g/mol. The van der Waals surface area contributed by atoms with Crippen LogP contribution in [0.2, 0.25) is 0 Å². The van der Waals surface area contributed by atoms with Crippen molar-refractivity contribution in [3.8, 4) is 0 Å². The maximum absolute atomic E-state index is 14.5. The summed E-state index contributed by atoms with van der Waals surface area (Å²) in [6.07, 6.45) is 6.34. The number of rotatable bonds is 5. The van der Waals surface area contributed by atoms with Crippen LogP contribution in [0.5, 0.6) is 0 Å². The van der Waals surface area contributed by atoms with Crippen molar-refractivity contribution in [3.05, 3.63) is 42.0 Å². The fourth-order valence-electron chi connectivity index (χ4n) is 4.00. The van der Waals surface area contributed by atoms with Crippen molar-refractivity contribution in [3.63, 3.8) is 0 Å². The first-order valence-electron chi connectivity index (χ1n) is 8.94. The molecule has 2 aliphatic rings. The Balaban J connectivity index is 1.48. The van der Waals surface area contributed by atoms with E-state index in [0.717, 1.165) is 43.7 Å². The number of halogens is 1. The summed E-state index contributed by atoms with van der Waals surface area (Å²) in [5.41, 5.74) is 0.908. The number of benzene rings is 1. The van der Waals surface area contributed by atoms with Gasteiger partial charge in [-0.3, -0.25) is 4.90 Å². The molecule has 1 atom stereocenters. The van der Waals surface area contributed by atoms with Crippen molar-refractivity contribution in [1.82, 2.24) is 19.9 Å². The van der Waals surface area contributed by atoms with Gasteiger partial charge in [-0.2, -0.15) is 0 Å². The second kappa shape index (κ2) is 6.72. The van der Waals surface area contributed by atoms with Crippen LogP contribution in [-0.2, 0) is 13.1 Å². The molecule has 0 spiro atoms. The van der Waals surface area contributed by atoms with Gasteiger partial charge in [0.1, 0.15) is 5.82 Å². The average Bonchev–Trinajstić information content (AvgIpc) is 3.32. The van der Waals surface area contributed by atoms with Crippen LogP contribution >= 0.6 is 0 Å². The van der Waals surface area contributed by atoms with Gasteiger partial charge >= 0.3 is 0 Å². The zero-order chi connectivity index (χ0) is 17.3. The zero-order valence-electron chi connectivity index (χ0n) is 14.3. The molecule has 1 unspecified atom stereocenters. The number of aliphatic hydroxyl groups is 1. The van der Waals surface area contributed by atoms with Gasteiger partial charge in [0, 0.05) is 50.2 Å². The quantitative estimate of drug-likeness (QED) is 0.893. The Morgan fingerprint density at radius 1 is 1.20 bits per heavy atom. The molecule has 25 heavy (non-hydrogen) atoms. The Bertz CT molecular complexity index is 716. The van der Waals surface area contributed by atoms with E-state index < -0.39 is 5.60 Å². The summed E-state index contributed by atoms with van der Waals surface area (Å²) in [7, 11) is 0. The molecule has 1 N–H and O–H groups in total. The van der Waals surface area contributed by atoms with E-state index in [1.165, 1.54) is 6.07 Å². The molecule has 2 aromatic rings. The van der Waals surface area contributed by atoms with E-state index in [2.05, 4.69) is 20.1 Å². The number of nitrogens with zero attached hydrogens (tertiary/aromatic N) is 5. The minimum Gasteiger partial charge on any atom is -0.387 e. The maximum Gasteiger partial charge on any atom is 0.129 e. The van der Waals surface area contributed by atoms with Gasteiger partial charge in [0.05, 0.1) is 18.3 Å². The minimum atomic E-state index is -0.841. The van der Waals surface area contributed by atoms with Crippen LogP contribution in [0.15, 0.2) is 30.6 Å². The summed E-state index contributed by atoms with van der Waals surface area (Å²) in [4.78, 5) is 4.41. The number of hydrogen-bond acceptors (Lipinski definition) is 5. The van der Waals surface area contributed by atoms with E-state index in [-0.39, 0.29) is 5.82 Å². The van der Waals surface area contributed by atoms with E-state index in [9.17, 15) is 9.50 Å². The SMILES string of the molecule is OC1(Cn2ccnn2)CCN(Cc2c(F)cccc2N2CCCC2)C1. The first kappa shape index (κ1) is 16.5. The highest BCUT2D eigenvalue weighted by Gasteiger charge is 2.37. The van der Waals surface area contributed by atoms with E-state index in [4.69, 9.17) is 0 Å². The fourth-order valence-corrected chi connectivity index (χ4v) is 4.00. The molecule has 0 radical (unpaired) electrons. The molecule has 0 amide bonds. The fraction of sp³-hybridized carbons (Fsp3) is 0.556. The average molecular weight is 345 g/mol. The lowest BCUT2D eigenvalue weighted by atomic mass is 10.0. The summed E-state index contributed by atoms with van der Waals surface area (Å²) < 4.78 is 16.2. The Morgan fingerprint density at radius 3 is 2.80 bits per heavy atom. The number of likely N-dealkylation sites (tertiary alicyclic amines) is 1. The highest BCUT2D eigenvalue weighted by Crippen LogP contribution is 2.30. The van der Waals surface area contributed by atoms with Crippen LogP contribution in [0.1, 0.15) is 24.8 Å². The smallest absolute Gasteiger partial charge is 0.129 e. The summed E-state index contributed by atoms with van der Waals surface area (Å²) in [6.45, 7) is 4.19. The first-order chi connectivity index (χ1) is 12.1. The van der Waals surface area contributed by atoms with Crippen LogP contribution in [0.25, 0.3) is 0 Å². The first-order valence-corrected chi connectivity index (χ1v) is 8.94. The number of hydrogen-bond donors (Lipinski definition) is 1. The van der Waals surface area contributed by atoms with Crippen LogP contribution < -0.4 is 4.90 Å². The standard InChI is InChI=1S/C18H24FN5O/c19-16-4-3-5-17(23-8-1-2-9-23)15(16)12-22-10-6-18(25,13-22)14-24-11-7-20-21-24/h3-5,7,11,25H,1-2,6,8-10,12-14H2. The van der Waals surface area contributed by atoms with Gasteiger partial charge in [-0.05, 0) is 31.4 Å². The number of aromatic nitrogens is 3. The maximum atomic E-state index is 14.5. The Labute approximate surface area is 146 Å². The lowest BCUT2D eigenvalue weighted by molar-refractivity contribution is 0.0273. The molecule has 0 aliphatic carbocycles. The van der Waals surface area contributed by atoms with E-state index in [0.29, 0.717) is 26.1 Å². The minimum absolute atomic E-state index is 0.156. The Kier molecular flexibility index (Phi) is 4.43. The zero-order valence-corrected chi connectivity index (χ0v) is 14.3. The molecular formula is C18H24FN5O. The largest absolute Gasteiger partial charge is 0.387 e. The second-order valence-electron chi connectivity index (χ2n) is 7.22. The van der Waals surface area contributed by atoms with E-state index in [1.807, 2.05) is 6.07 Å². The van der Waals surface area contributed by atoms with Crippen LogP contribution in [0.3, 0.4) is 0 Å². The molecule has 134 valence electrons. The summed E-state index contributed by atoms with van der Waals surface area (Å²) in [6, 6.07) is 5.34. The molecule has 1 aromatic heterocycles. The van der Waals surface area contributed by atoms with Crippen molar-refractivity contribution < 1.29 is 9.50 Å². The second-order valence-corrected chi connectivity index (χ2v) is 7.22. The molecule has 2 aliphatic heterocycles. The van der Waals surface area contributed by atoms with Gasteiger partial charge in [-0.1, -0.05) is 11.3 Å². The summed E-state index contributed by atoms with van der Waals surface area (Å²) >= 11 is 0. The van der Waals surface area contributed by atoms with Crippen LogP contribution in [-0.4, -0.2) is 56.8 Å². The molecule has 6 nitrogen and oxygen atoms in total. The Morgan fingerprint density at radius 2 is 2.04 bits per heavy atom. The van der Waals surface area contributed by atoms with E-state index in [1.54, 1.807) is 23.1 Å². The van der Waals surface area contributed by atoms with Gasteiger partial charge in [-0.15, -0.1) is 5.10 Å². The molecule has 7 heteroatoms. The summed E-state index contributed by atoms with van der Waals surface area (Å²) in [5.74, 6) is -0.156. The normalized spacial score (nSPS) is 24.3. The van der Waals surface area contributed by atoms with E-state index >= 15 is 0 Å². The molecule has 1 aromatic carbocycles. The number of anilines is 1. The van der Waals surface area contributed by atoms with Crippen molar-refractivity contribution in [2.24, 2.45) is 0 Å². The van der Waals surface area contributed by atoms with Crippen molar-refractivity contribution in [2.75, 3.05) is 31.1 Å². The molecule has 2 fully saturated rings. The van der Waals surface area contributed by atoms with Gasteiger partial charge in [0.15, 0.2) is 0 Å². The van der Waals surface area contributed by atoms with Gasteiger partial charge in [-0.25, -0.2) is 9.07 Å². The Hall–Kier alpha value is -1.99. The topological polar surface area (TPSA) is 57.4 Å².